The van der Waals surface area contributed by atoms with Gasteiger partial charge in [-0.15, -0.1) is 11.8 Å². The molecule has 2 aliphatic rings. The SMILES string of the molecule is Cc1c(S(C)(=O)=O)c(-c2cc(F)cc(N3CCN(c4ccc(N5CCO[P@]5(=O)c5ccc(C[C@H](CCN(C)C)CSc6ccccc6)c(S(=O)(=O)C(F)(F)F)c5)cc4)CC3)c2)c(-c2ccc(Cl)cc2)n1C(C)C. The molecule has 20 heteroatoms. The molecule has 2 atom stereocenters. The van der Waals surface area contributed by atoms with Crippen LogP contribution >= 0.6 is 30.9 Å². The van der Waals surface area contributed by atoms with Crippen LogP contribution in [0.25, 0.3) is 22.4 Å². The van der Waals surface area contributed by atoms with Crippen molar-refractivity contribution in [3.63, 3.8) is 0 Å². The van der Waals surface area contributed by atoms with Gasteiger partial charge < -0.3 is 23.8 Å². The van der Waals surface area contributed by atoms with Gasteiger partial charge in [-0.2, -0.15) is 13.2 Å². The van der Waals surface area contributed by atoms with Gasteiger partial charge in [0.25, 0.3) is 9.84 Å². The van der Waals surface area contributed by atoms with Crippen LogP contribution in [0.3, 0.4) is 0 Å². The summed E-state index contributed by atoms with van der Waals surface area (Å²) < 4.78 is 137. The Labute approximate surface area is 435 Å². The number of hydrogen-bond donors (Lipinski definition) is 0. The molecule has 2 aliphatic heterocycles. The first-order chi connectivity index (χ1) is 34.5. The molecule has 390 valence electrons. The first-order valence-corrected chi connectivity index (χ1v) is 30.2. The van der Waals surface area contributed by atoms with Gasteiger partial charge in [-0.1, -0.05) is 48.0 Å². The summed E-state index contributed by atoms with van der Waals surface area (Å²) >= 11 is 7.81. The number of piperazine rings is 1. The minimum Gasteiger partial charge on any atom is -0.368 e. The Kier molecular flexibility index (Phi) is 16.3. The molecule has 73 heavy (non-hydrogen) atoms. The molecule has 0 N–H and O–H groups in total. The summed E-state index contributed by atoms with van der Waals surface area (Å²) in [6, 6.07) is 32.1. The van der Waals surface area contributed by atoms with Crippen LogP contribution in [0, 0.1) is 18.7 Å². The largest absolute Gasteiger partial charge is 0.501 e. The fourth-order valence-corrected chi connectivity index (χ4v) is 15.6. The lowest BCUT2D eigenvalue weighted by Gasteiger charge is -2.37. The lowest BCUT2D eigenvalue weighted by atomic mass is 9.97. The van der Waals surface area contributed by atoms with Gasteiger partial charge in [0.05, 0.1) is 33.9 Å². The molecular formula is C53H59ClF4N5O6PS3. The standard InChI is InChI=1S/C53H59ClF4N5O6PS3/c1-36(2)63-37(3)52(72(6,65)66)50(51(63)39-12-15-42(54)16-13-39)41-31-43(55)33-46(32-41)61-26-24-60(25-27-61)44-17-19-45(20-18-44)62-28-29-69-70(62,64)47-21-14-40(49(34-47)73(67,68)53(56,57)58)30-38(22-23-59(4)5)35-71-48-10-8-7-9-11-48/h7-21,31-34,36,38H,22-30,35H2,1-6H3/t38-,70+/m0/s1. The summed E-state index contributed by atoms with van der Waals surface area (Å²) in [5, 5.41) is 0.373. The van der Waals surface area contributed by atoms with Crippen LogP contribution in [-0.2, 0) is 35.2 Å². The first kappa shape index (κ1) is 54.5. The van der Waals surface area contributed by atoms with Crippen LogP contribution in [0.15, 0.2) is 130 Å². The summed E-state index contributed by atoms with van der Waals surface area (Å²) in [5.74, 6) is -0.162. The number of halogens is 5. The second-order valence-electron chi connectivity index (χ2n) is 19.1. The summed E-state index contributed by atoms with van der Waals surface area (Å²) in [6.45, 7) is 8.55. The van der Waals surface area contributed by atoms with Crippen molar-refractivity contribution in [3.8, 4) is 22.4 Å². The molecule has 0 bridgehead atoms. The smallest absolute Gasteiger partial charge is 0.368 e. The highest BCUT2D eigenvalue weighted by Gasteiger charge is 2.49. The first-order valence-electron chi connectivity index (χ1n) is 23.9. The Morgan fingerprint density at radius 3 is 2.03 bits per heavy atom. The van der Waals surface area contributed by atoms with Gasteiger partial charge in [0, 0.05) is 82.5 Å². The highest BCUT2D eigenvalue weighted by Crippen LogP contribution is 2.56. The Balaban J connectivity index is 1.02. The summed E-state index contributed by atoms with van der Waals surface area (Å²) in [5.41, 5.74) is -0.911. The predicted octanol–water partition coefficient (Wildman–Crippen LogP) is 11.8. The molecule has 2 fully saturated rings. The van der Waals surface area contributed by atoms with Crippen molar-refractivity contribution in [3.05, 3.63) is 137 Å². The van der Waals surface area contributed by atoms with Crippen molar-refractivity contribution in [2.45, 2.75) is 59.8 Å². The molecule has 0 saturated carbocycles. The van der Waals surface area contributed by atoms with E-state index in [0.29, 0.717) is 83.8 Å². The lowest BCUT2D eigenvalue weighted by molar-refractivity contribution is -0.0436. The van der Waals surface area contributed by atoms with Crippen molar-refractivity contribution < 1.29 is 43.5 Å². The number of anilines is 3. The van der Waals surface area contributed by atoms with Crippen molar-refractivity contribution >= 4 is 72.9 Å². The molecule has 0 aliphatic carbocycles. The Morgan fingerprint density at radius 2 is 1.42 bits per heavy atom. The zero-order chi connectivity index (χ0) is 52.6. The van der Waals surface area contributed by atoms with Crippen LogP contribution in [0.2, 0.25) is 5.02 Å². The quantitative estimate of drug-likeness (QED) is 0.0494. The van der Waals surface area contributed by atoms with Gasteiger partial charge in [-0.3, -0.25) is 9.24 Å². The molecule has 11 nitrogen and oxygen atoms in total. The summed E-state index contributed by atoms with van der Waals surface area (Å²) in [7, 11) is -9.95. The predicted molar refractivity (Wildman–Crippen MR) is 287 cm³/mol. The van der Waals surface area contributed by atoms with Crippen LogP contribution in [0.1, 0.15) is 37.6 Å². The average Bonchev–Trinajstić information content (AvgIpc) is 3.90. The van der Waals surface area contributed by atoms with Gasteiger partial charge in [0.1, 0.15) is 5.82 Å². The lowest BCUT2D eigenvalue weighted by Crippen LogP contribution is -2.46. The van der Waals surface area contributed by atoms with E-state index in [0.717, 1.165) is 22.2 Å². The summed E-state index contributed by atoms with van der Waals surface area (Å²) in [4.78, 5) is 6.36. The van der Waals surface area contributed by atoms with Crippen LogP contribution in [0.5, 0.6) is 0 Å². The molecule has 1 aromatic heterocycles. The zero-order valence-electron chi connectivity index (χ0n) is 41.4. The van der Waals surface area contributed by atoms with E-state index >= 15 is 4.39 Å². The second-order valence-corrected chi connectivity index (χ2v) is 26.8. The number of benzene rings is 5. The van der Waals surface area contributed by atoms with E-state index in [1.54, 1.807) is 43.0 Å². The Hall–Kier alpha value is -4.81. The average molecular weight is 1100 g/mol. The number of nitrogens with zero attached hydrogens (tertiary/aromatic N) is 5. The molecule has 0 amide bonds. The Morgan fingerprint density at radius 1 is 0.795 bits per heavy atom. The van der Waals surface area contributed by atoms with Gasteiger partial charge in [0.2, 0.25) is 0 Å². The fourth-order valence-electron chi connectivity index (χ4n) is 9.84. The topological polar surface area (TPSA) is 112 Å². The third-order valence-corrected chi connectivity index (χ3v) is 20.1. The number of hydrogen-bond acceptors (Lipinski definition) is 10. The van der Waals surface area contributed by atoms with Gasteiger partial charge in [-0.05, 0) is 156 Å². The molecule has 0 unspecified atom stereocenters. The van der Waals surface area contributed by atoms with E-state index in [1.807, 2.05) is 98.1 Å². The number of thioether (sulfide) groups is 1. The zero-order valence-corrected chi connectivity index (χ0v) is 45.5. The number of aromatic nitrogens is 1. The molecule has 6 aromatic rings. The highest BCUT2D eigenvalue weighted by molar-refractivity contribution is 7.99. The number of alkyl halides is 3. The van der Waals surface area contributed by atoms with Crippen molar-refractivity contribution in [2.75, 3.05) is 86.4 Å². The number of rotatable bonds is 17. The van der Waals surface area contributed by atoms with E-state index in [9.17, 15) is 34.6 Å². The van der Waals surface area contributed by atoms with E-state index in [4.69, 9.17) is 16.1 Å². The Bertz CT molecular complexity index is 3230. The molecule has 0 radical (unpaired) electrons. The maximum atomic E-state index is 15.8. The van der Waals surface area contributed by atoms with Gasteiger partial charge >= 0.3 is 13.0 Å². The van der Waals surface area contributed by atoms with E-state index in [-0.39, 0.29) is 47.3 Å². The van der Waals surface area contributed by atoms with E-state index < -0.39 is 43.4 Å². The van der Waals surface area contributed by atoms with E-state index in [1.165, 1.54) is 35.2 Å². The summed E-state index contributed by atoms with van der Waals surface area (Å²) in [6.07, 6.45) is 1.82. The molecule has 3 heterocycles. The maximum Gasteiger partial charge on any atom is 0.501 e. The van der Waals surface area contributed by atoms with Crippen LogP contribution < -0.4 is 19.8 Å². The maximum absolute atomic E-state index is 15.8. The van der Waals surface area contributed by atoms with Gasteiger partial charge in [0.15, 0.2) is 9.84 Å². The third-order valence-electron chi connectivity index (χ3n) is 13.3. The van der Waals surface area contributed by atoms with Crippen molar-refractivity contribution in [1.29, 1.82) is 0 Å². The monoisotopic (exact) mass is 1100 g/mol. The molecule has 2 saturated heterocycles. The normalized spacial score (nSPS) is 17.3. The molecule has 5 aromatic carbocycles. The fraction of sp³-hybridized carbons (Fsp3) is 0.358. The second kappa shape index (κ2) is 21.8. The third kappa shape index (κ3) is 11.7. The van der Waals surface area contributed by atoms with Crippen molar-refractivity contribution in [1.82, 2.24) is 9.47 Å². The molecular weight excluding hydrogens is 1040 g/mol. The highest BCUT2D eigenvalue weighted by atomic mass is 35.5. The van der Waals surface area contributed by atoms with Crippen molar-refractivity contribution in [2.24, 2.45) is 5.92 Å². The molecule has 0 spiro atoms. The molecule has 8 rings (SSSR count). The van der Waals surface area contributed by atoms with Crippen LogP contribution in [-0.4, -0.2) is 104 Å². The van der Waals surface area contributed by atoms with E-state index in [2.05, 4.69) is 9.80 Å². The van der Waals surface area contributed by atoms with Crippen LogP contribution in [0.4, 0.5) is 34.6 Å². The number of sulfone groups is 2. The minimum atomic E-state index is -5.86. The minimum absolute atomic E-state index is 0.000991. The van der Waals surface area contributed by atoms with Gasteiger partial charge in [-0.25, -0.2) is 21.2 Å².